The quantitative estimate of drug-likeness (QED) is 0.251. The summed E-state index contributed by atoms with van der Waals surface area (Å²) in [4.78, 5) is 26.7. The van der Waals surface area contributed by atoms with E-state index in [9.17, 15) is 14.0 Å². The van der Waals surface area contributed by atoms with Crippen molar-refractivity contribution >= 4 is 56.5 Å². The summed E-state index contributed by atoms with van der Waals surface area (Å²) in [6, 6.07) is 16.3. The zero-order valence-electron chi connectivity index (χ0n) is 19.0. The number of ether oxygens (including phenoxy) is 3. The van der Waals surface area contributed by atoms with Crippen LogP contribution in [-0.2, 0) is 11.4 Å². The molecule has 4 rings (SSSR count). The monoisotopic (exact) mass is 591 g/mol. The van der Waals surface area contributed by atoms with Gasteiger partial charge in [-0.2, -0.15) is 0 Å². The molecule has 0 atom stereocenters. The Morgan fingerprint density at radius 3 is 2.44 bits per heavy atom. The molecular weight excluding hydrogens is 573 g/mol. The lowest BCUT2D eigenvalue weighted by Crippen LogP contribution is -2.32. The number of nitrogens with zero attached hydrogens (tertiary/aromatic N) is 1. The van der Waals surface area contributed by atoms with Crippen molar-refractivity contribution in [3.8, 4) is 17.2 Å². The second kappa shape index (κ2) is 11.8. The minimum absolute atomic E-state index is 0.0708. The molecule has 36 heavy (non-hydrogen) atoms. The van der Waals surface area contributed by atoms with E-state index < -0.39 is 5.91 Å². The third-order valence-electron chi connectivity index (χ3n) is 5.15. The zero-order chi connectivity index (χ0) is 25.7. The number of hydrogen-bond donors (Lipinski definition) is 0. The molecule has 0 bridgehead atoms. The molecular formula is C26H20BrClFNO5S. The Labute approximate surface area is 225 Å². The first-order valence-electron chi connectivity index (χ1n) is 10.7. The average molecular weight is 593 g/mol. The van der Waals surface area contributed by atoms with Crippen molar-refractivity contribution < 1.29 is 28.2 Å². The number of carbonyl (C=O) groups is 2. The van der Waals surface area contributed by atoms with Gasteiger partial charge in [-0.15, -0.1) is 0 Å². The van der Waals surface area contributed by atoms with Gasteiger partial charge in [-0.05, 0) is 77.5 Å². The zero-order valence-corrected chi connectivity index (χ0v) is 22.2. The first kappa shape index (κ1) is 26.1. The number of carbonyl (C=O) groups excluding carboxylic acids is 2. The highest BCUT2D eigenvalue weighted by atomic mass is 79.9. The summed E-state index contributed by atoms with van der Waals surface area (Å²) in [5.41, 5.74) is 1.59. The van der Waals surface area contributed by atoms with Crippen molar-refractivity contribution in [2.45, 2.75) is 6.61 Å². The minimum Gasteiger partial charge on any atom is -0.493 e. The van der Waals surface area contributed by atoms with Crippen molar-refractivity contribution in [1.29, 1.82) is 0 Å². The Morgan fingerprint density at radius 1 is 1.03 bits per heavy atom. The Kier molecular flexibility index (Phi) is 8.56. The van der Waals surface area contributed by atoms with Crippen LogP contribution in [0.3, 0.4) is 0 Å². The average Bonchev–Trinajstić information content (AvgIpc) is 3.13. The molecule has 1 fully saturated rings. The van der Waals surface area contributed by atoms with Crippen molar-refractivity contribution in [1.82, 2.24) is 4.90 Å². The SMILES string of the molecule is COc1cc(/C=C2\SC(=O)N(CCOc3ccc(F)cc3)C2=O)c(Br)cc1OCc1ccc(Cl)cc1. The number of amides is 2. The van der Waals surface area contributed by atoms with Crippen LogP contribution in [-0.4, -0.2) is 36.3 Å². The summed E-state index contributed by atoms with van der Waals surface area (Å²) in [6.07, 6.45) is 1.63. The van der Waals surface area contributed by atoms with Crippen molar-refractivity contribution in [2.75, 3.05) is 20.3 Å². The fourth-order valence-corrected chi connectivity index (χ4v) is 4.71. The normalized spacial score (nSPS) is 14.4. The van der Waals surface area contributed by atoms with Crippen LogP contribution in [0.25, 0.3) is 6.08 Å². The highest BCUT2D eigenvalue weighted by molar-refractivity contribution is 9.10. The van der Waals surface area contributed by atoms with E-state index in [1.54, 1.807) is 30.3 Å². The van der Waals surface area contributed by atoms with Crippen LogP contribution in [0.15, 0.2) is 70.0 Å². The van der Waals surface area contributed by atoms with E-state index in [1.807, 2.05) is 12.1 Å². The molecule has 1 aliphatic heterocycles. The highest BCUT2D eigenvalue weighted by Crippen LogP contribution is 2.38. The van der Waals surface area contributed by atoms with E-state index in [4.69, 9.17) is 25.8 Å². The summed E-state index contributed by atoms with van der Waals surface area (Å²) < 4.78 is 30.6. The molecule has 10 heteroatoms. The predicted octanol–water partition coefficient (Wildman–Crippen LogP) is 6.94. The van der Waals surface area contributed by atoms with Crippen LogP contribution in [0.1, 0.15) is 11.1 Å². The summed E-state index contributed by atoms with van der Waals surface area (Å²) in [5.74, 6) is 0.658. The Morgan fingerprint density at radius 2 is 1.75 bits per heavy atom. The van der Waals surface area contributed by atoms with Crippen LogP contribution in [0.5, 0.6) is 17.2 Å². The number of rotatable bonds is 9. The lowest BCUT2D eigenvalue weighted by Gasteiger charge is -2.14. The molecule has 1 heterocycles. The largest absolute Gasteiger partial charge is 0.493 e. The molecule has 0 radical (unpaired) electrons. The maximum atomic E-state index is 13.0. The van der Waals surface area contributed by atoms with Gasteiger partial charge in [0.1, 0.15) is 24.8 Å². The fraction of sp³-hybridized carbons (Fsp3) is 0.154. The van der Waals surface area contributed by atoms with Gasteiger partial charge < -0.3 is 14.2 Å². The third kappa shape index (κ3) is 6.40. The molecule has 0 N–H and O–H groups in total. The molecule has 2 amide bonds. The maximum absolute atomic E-state index is 13.0. The van der Waals surface area contributed by atoms with Gasteiger partial charge in [0.05, 0.1) is 18.6 Å². The van der Waals surface area contributed by atoms with Crippen LogP contribution >= 0.6 is 39.3 Å². The Hall–Kier alpha value is -3.01. The van der Waals surface area contributed by atoms with Crippen LogP contribution in [0, 0.1) is 5.82 Å². The van der Waals surface area contributed by atoms with Crippen molar-refractivity contribution in [3.63, 3.8) is 0 Å². The van der Waals surface area contributed by atoms with E-state index >= 15 is 0 Å². The Balaban J connectivity index is 1.43. The third-order valence-corrected chi connectivity index (χ3v) is 6.99. The summed E-state index contributed by atoms with van der Waals surface area (Å²) >= 11 is 10.3. The second-order valence-electron chi connectivity index (χ2n) is 7.58. The first-order chi connectivity index (χ1) is 17.3. The lowest BCUT2D eigenvalue weighted by atomic mass is 10.1. The highest BCUT2D eigenvalue weighted by Gasteiger charge is 2.35. The predicted molar refractivity (Wildman–Crippen MR) is 141 cm³/mol. The molecule has 0 spiro atoms. The fourth-order valence-electron chi connectivity index (χ4n) is 3.30. The summed E-state index contributed by atoms with van der Waals surface area (Å²) in [6.45, 7) is 0.480. The molecule has 6 nitrogen and oxygen atoms in total. The van der Waals surface area contributed by atoms with Gasteiger partial charge in [-0.1, -0.05) is 39.7 Å². The molecule has 0 aliphatic carbocycles. The van der Waals surface area contributed by atoms with Crippen molar-refractivity contribution in [3.05, 3.63) is 92.0 Å². The first-order valence-corrected chi connectivity index (χ1v) is 12.7. The molecule has 3 aromatic carbocycles. The molecule has 0 saturated carbocycles. The molecule has 3 aromatic rings. The van der Waals surface area contributed by atoms with Crippen molar-refractivity contribution in [2.24, 2.45) is 0 Å². The topological polar surface area (TPSA) is 65.1 Å². The molecule has 0 aromatic heterocycles. The van der Waals surface area contributed by atoms with Gasteiger partial charge in [0.25, 0.3) is 11.1 Å². The Bertz CT molecular complexity index is 1300. The van der Waals surface area contributed by atoms with E-state index in [1.165, 1.54) is 31.4 Å². The summed E-state index contributed by atoms with van der Waals surface area (Å²) in [7, 11) is 1.52. The van der Waals surface area contributed by atoms with E-state index in [0.717, 1.165) is 22.2 Å². The molecule has 1 saturated heterocycles. The number of hydrogen-bond acceptors (Lipinski definition) is 6. The van der Waals surface area contributed by atoms with E-state index in [2.05, 4.69) is 15.9 Å². The van der Waals surface area contributed by atoms with Crippen LogP contribution in [0.2, 0.25) is 5.02 Å². The van der Waals surface area contributed by atoms with E-state index in [0.29, 0.717) is 38.9 Å². The van der Waals surface area contributed by atoms with Crippen LogP contribution in [0.4, 0.5) is 9.18 Å². The van der Waals surface area contributed by atoms with Gasteiger partial charge in [0.2, 0.25) is 0 Å². The number of halogens is 3. The smallest absolute Gasteiger partial charge is 0.293 e. The van der Waals surface area contributed by atoms with Crippen LogP contribution < -0.4 is 14.2 Å². The van der Waals surface area contributed by atoms with Gasteiger partial charge >= 0.3 is 0 Å². The van der Waals surface area contributed by atoms with Gasteiger partial charge in [-0.3, -0.25) is 14.5 Å². The molecule has 186 valence electrons. The molecule has 1 aliphatic rings. The lowest BCUT2D eigenvalue weighted by molar-refractivity contribution is -0.123. The number of thioether (sulfide) groups is 1. The second-order valence-corrected chi connectivity index (χ2v) is 9.86. The van der Waals surface area contributed by atoms with Gasteiger partial charge in [0, 0.05) is 9.50 Å². The van der Waals surface area contributed by atoms with Gasteiger partial charge in [-0.25, -0.2) is 4.39 Å². The molecule has 0 unspecified atom stereocenters. The maximum Gasteiger partial charge on any atom is 0.293 e. The van der Waals surface area contributed by atoms with Gasteiger partial charge in [0.15, 0.2) is 11.5 Å². The minimum atomic E-state index is -0.415. The van der Waals surface area contributed by atoms with E-state index in [-0.39, 0.29) is 29.1 Å². The number of imide groups is 1. The number of methoxy groups -OCH3 is 1. The number of benzene rings is 3. The summed E-state index contributed by atoms with van der Waals surface area (Å²) in [5, 5.41) is 0.258. The standard InChI is InChI=1S/C26H20BrClFNO5S/c1-33-22-12-17(21(27)14-23(22)35-15-16-2-4-18(28)5-3-16)13-24-25(31)30(26(32)36-24)10-11-34-20-8-6-19(29)7-9-20/h2-9,12-14H,10-11,15H2,1H3/b24-13-.